The van der Waals surface area contributed by atoms with Crippen LogP contribution in [0, 0.1) is 6.92 Å². The Morgan fingerprint density at radius 3 is 3.11 bits per heavy atom. The number of benzene rings is 1. The van der Waals surface area contributed by atoms with Crippen molar-refractivity contribution in [3.05, 3.63) is 41.7 Å². The first-order valence-electron chi connectivity index (χ1n) is 6.53. The average molecular weight is 242 g/mol. The molecule has 2 heterocycles. The van der Waals surface area contributed by atoms with E-state index in [-0.39, 0.29) is 12.5 Å². The van der Waals surface area contributed by atoms with Gasteiger partial charge in [-0.1, -0.05) is 23.8 Å². The molecule has 1 aliphatic heterocycles. The van der Waals surface area contributed by atoms with Gasteiger partial charge in [0.05, 0.1) is 6.61 Å². The van der Waals surface area contributed by atoms with Crippen LogP contribution in [0.5, 0.6) is 0 Å². The molecule has 1 atom stereocenters. The van der Waals surface area contributed by atoms with Crippen LogP contribution in [0.25, 0.3) is 11.4 Å². The zero-order valence-electron chi connectivity index (χ0n) is 10.6. The minimum absolute atomic E-state index is 0.221. The lowest BCUT2D eigenvalue weighted by Crippen LogP contribution is -2.18. The Labute approximate surface area is 107 Å². The molecule has 0 radical (unpaired) electrons. The van der Waals surface area contributed by atoms with Crippen molar-refractivity contribution in [2.24, 2.45) is 0 Å². The summed E-state index contributed by atoms with van der Waals surface area (Å²) in [5.41, 5.74) is 3.60. The average Bonchev–Trinajstić information content (AvgIpc) is 2.82. The summed E-state index contributed by atoms with van der Waals surface area (Å²) in [5, 5.41) is 9.42. The molecule has 0 saturated carbocycles. The molecule has 0 amide bonds. The van der Waals surface area contributed by atoms with Gasteiger partial charge in [-0.05, 0) is 25.8 Å². The van der Waals surface area contributed by atoms with Gasteiger partial charge in [0.2, 0.25) is 0 Å². The highest BCUT2D eigenvalue weighted by Crippen LogP contribution is 2.31. The van der Waals surface area contributed by atoms with Gasteiger partial charge in [0, 0.05) is 29.9 Å². The fraction of sp³-hybridized carbons (Fsp3) is 0.400. The van der Waals surface area contributed by atoms with E-state index in [1.807, 2.05) is 6.20 Å². The molecule has 1 aromatic heterocycles. The molecule has 94 valence electrons. The Bertz CT molecular complexity index is 559. The molecule has 1 aromatic carbocycles. The molecule has 18 heavy (non-hydrogen) atoms. The summed E-state index contributed by atoms with van der Waals surface area (Å²) in [6, 6.07) is 8.43. The maximum Gasteiger partial charge on any atom is 0.140 e. The summed E-state index contributed by atoms with van der Waals surface area (Å²) in [5.74, 6) is 1.29. The summed E-state index contributed by atoms with van der Waals surface area (Å²) in [6.07, 6.45) is 4.11. The van der Waals surface area contributed by atoms with Crippen LogP contribution in [0.15, 0.2) is 30.5 Å². The van der Waals surface area contributed by atoms with Crippen LogP contribution in [-0.2, 0) is 6.54 Å². The summed E-state index contributed by atoms with van der Waals surface area (Å²) in [6.45, 7) is 3.33. The zero-order valence-corrected chi connectivity index (χ0v) is 10.6. The lowest BCUT2D eigenvalue weighted by Gasteiger charge is -2.23. The number of fused-ring (bicyclic) bond motifs is 1. The van der Waals surface area contributed by atoms with Gasteiger partial charge in [-0.2, -0.15) is 0 Å². The monoisotopic (exact) mass is 242 g/mol. The van der Waals surface area contributed by atoms with Gasteiger partial charge in [0.15, 0.2) is 0 Å². The molecule has 1 unspecified atom stereocenters. The standard InChI is InChI=1S/C15H18N2O/c1-11-4-2-5-12(8-11)15-16-9-14-13(10-18)6-3-7-17(14)15/h2,4-5,8-9,13,18H,3,6-7,10H2,1H3. The second-order valence-electron chi connectivity index (χ2n) is 5.05. The van der Waals surface area contributed by atoms with Crippen molar-refractivity contribution in [2.75, 3.05) is 6.61 Å². The van der Waals surface area contributed by atoms with Gasteiger partial charge in [-0.15, -0.1) is 0 Å². The molecule has 0 fully saturated rings. The molecule has 3 nitrogen and oxygen atoms in total. The van der Waals surface area contributed by atoms with E-state index in [1.54, 1.807) is 0 Å². The van der Waals surface area contributed by atoms with E-state index in [1.165, 1.54) is 16.8 Å². The van der Waals surface area contributed by atoms with Gasteiger partial charge < -0.3 is 9.67 Å². The number of aliphatic hydroxyl groups is 1. The number of aryl methyl sites for hydroxylation is 1. The number of hydrogen-bond donors (Lipinski definition) is 1. The Kier molecular flexibility index (Phi) is 2.92. The minimum Gasteiger partial charge on any atom is -0.396 e. The first kappa shape index (κ1) is 11.5. The highest BCUT2D eigenvalue weighted by Gasteiger charge is 2.23. The predicted molar refractivity (Wildman–Crippen MR) is 71.5 cm³/mol. The summed E-state index contributed by atoms with van der Waals surface area (Å²) >= 11 is 0. The molecule has 1 N–H and O–H groups in total. The molecule has 0 saturated heterocycles. The molecule has 0 spiro atoms. The zero-order chi connectivity index (χ0) is 12.5. The molecular weight excluding hydrogens is 224 g/mol. The molecule has 3 heteroatoms. The third-order valence-corrected chi connectivity index (χ3v) is 3.74. The van der Waals surface area contributed by atoms with E-state index in [2.05, 4.69) is 40.7 Å². The Hall–Kier alpha value is -1.61. The minimum atomic E-state index is 0.221. The molecule has 0 aliphatic carbocycles. The van der Waals surface area contributed by atoms with Crippen molar-refractivity contribution >= 4 is 0 Å². The van der Waals surface area contributed by atoms with Crippen LogP contribution in [-0.4, -0.2) is 21.3 Å². The quantitative estimate of drug-likeness (QED) is 0.879. The van der Waals surface area contributed by atoms with Crippen LogP contribution < -0.4 is 0 Å². The van der Waals surface area contributed by atoms with Crippen LogP contribution in [0.3, 0.4) is 0 Å². The molecule has 1 aliphatic rings. The third kappa shape index (κ3) is 1.85. The fourth-order valence-electron chi connectivity index (χ4n) is 2.79. The van der Waals surface area contributed by atoms with E-state index in [9.17, 15) is 5.11 Å². The van der Waals surface area contributed by atoms with Gasteiger partial charge in [0.25, 0.3) is 0 Å². The van der Waals surface area contributed by atoms with E-state index in [4.69, 9.17) is 0 Å². The van der Waals surface area contributed by atoms with E-state index < -0.39 is 0 Å². The van der Waals surface area contributed by atoms with E-state index in [0.717, 1.165) is 25.2 Å². The molecule has 3 rings (SSSR count). The van der Waals surface area contributed by atoms with Crippen molar-refractivity contribution in [3.63, 3.8) is 0 Å². The maximum atomic E-state index is 9.42. The smallest absolute Gasteiger partial charge is 0.140 e. The predicted octanol–water partition coefficient (Wildman–Crippen LogP) is 2.73. The number of imidazole rings is 1. The highest BCUT2D eigenvalue weighted by atomic mass is 16.3. The Morgan fingerprint density at radius 2 is 2.33 bits per heavy atom. The number of rotatable bonds is 2. The SMILES string of the molecule is Cc1cccc(-c2ncc3n2CCCC3CO)c1. The van der Waals surface area contributed by atoms with E-state index >= 15 is 0 Å². The second kappa shape index (κ2) is 4.58. The highest BCUT2D eigenvalue weighted by molar-refractivity contribution is 5.57. The van der Waals surface area contributed by atoms with Crippen LogP contribution in [0.4, 0.5) is 0 Å². The third-order valence-electron chi connectivity index (χ3n) is 3.74. The van der Waals surface area contributed by atoms with Crippen molar-refractivity contribution in [2.45, 2.75) is 32.2 Å². The Balaban J connectivity index is 2.07. The number of nitrogens with zero attached hydrogens (tertiary/aromatic N) is 2. The van der Waals surface area contributed by atoms with Crippen molar-refractivity contribution in [1.29, 1.82) is 0 Å². The van der Waals surface area contributed by atoms with Gasteiger partial charge in [0.1, 0.15) is 5.82 Å². The van der Waals surface area contributed by atoms with Crippen LogP contribution >= 0.6 is 0 Å². The molecule has 0 bridgehead atoms. The fourth-order valence-corrected chi connectivity index (χ4v) is 2.79. The van der Waals surface area contributed by atoms with E-state index in [0.29, 0.717) is 0 Å². The molecule has 2 aromatic rings. The lowest BCUT2D eigenvalue weighted by atomic mass is 9.97. The topological polar surface area (TPSA) is 38.0 Å². The van der Waals surface area contributed by atoms with Crippen LogP contribution in [0.2, 0.25) is 0 Å². The van der Waals surface area contributed by atoms with Gasteiger partial charge in [-0.3, -0.25) is 0 Å². The van der Waals surface area contributed by atoms with Crippen molar-refractivity contribution < 1.29 is 5.11 Å². The van der Waals surface area contributed by atoms with Crippen molar-refractivity contribution in [3.8, 4) is 11.4 Å². The summed E-state index contributed by atoms with van der Waals surface area (Å²) in [7, 11) is 0. The number of hydrogen-bond acceptors (Lipinski definition) is 2. The number of aliphatic hydroxyl groups excluding tert-OH is 1. The Morgan fingerprint density at radius 1 is 1.44 bits per heavy atom. The summed E-state index contributed by atoms with van der Waals surface area (Å²) in [4.78, 5) is 4.56. The maximum absolute atomic E-state index is 9.42. The summed E-state index contributed by atoms with van der Waals surface area (Å²) < 4.78 is 2.26. The number of aromatic nitrogens is 2. The van der Waals surface area contributed by atoms with Crippen LogP contribution in [0.1, 0.15) is 30.0 Å². The largest absolute Gasteiger partial charge is 0.396 e. The normalized spacial score (nSPS) is 18.7. The first-order chi connectivity index (χ1) is 8.79. The second-order valence-corrected chi connectivity index (χ2v) is 5.05. The van der Waals surface area contributed by atoms with Crippen molar-refractivity contribution in [1.82, 2.24) is 9.55 Å². The lowest BCUT2D eigenvalue weighted by molar-refractivity contribution is 0.241. The first-order valence-corrected chi connectivity index (χ1v) is 6.53. The van der Waals surface area contributed by atoms with Gasteiger partial charge >= 0.3 is 0 Å². The van der Waals surface area contributed by atoms with Gasteiger partial charge in [-0.25, -0.2) is 4.98 Å². The molecular formula is C15H18N2O.